The van der Waals surface area contributed by atoms with Crippen LogP contribution in [-0.2, 0) is 16.6 Å². The Balaban J connectivity index is 1.46. The van der Waals surface area contributed by atoms with Crippen LogP contribution in [0.4, 0.5) is 0 Å². The van der Waals surface area contributed by atoms with Gasteiger partial charge < -0.3 is 5.32 Å². The van der Waals surface area contributed by atoms with Gasteiger partial charge in [0.1, 0.15) is 0 Å². The van der Waals surface area contributed by atoms with E-state index in [1.54, 1.807) is 28.6 Å². The lowest BCUT2D eigenvalue weighted by Gasteiger charge is -2.31. The number of hydrogen-bond acceptors (Lipinski definition) is 3. The highest BCUT2D eigenvalue weighted by atomic mass is 32.2. The molecule has 1 aliphatic rings. The first-order valence-electron chi connectivity index (χ1n) is 8.87. The van der Waals surface area contributed by atoms with Crippen LogP contribution >= 0.6 is 0 Å². The lowest BCUT2D eigenvalue weighted by atomic mass is 9.98. The lowest BCUT2D eigenvalue weighted by molar-refractivity contribution is 0.267. The van der Waals surface area contributed by atoms with Crippen molar-refractivity contribution in [3.8, 4) is 0 Å². The van der Waals surface area contributed by atoms with Crippen molar-refractivity contribution in [1.29, 1.82) is 0 Å². The topological polar surface area (TPSA) is 49.4 Å². The third kappa shape index (κ3) is 4.69. The van der Waals surface area contributed by atoms with E-state index in [2.05, 4.69) is 36.5 Å². The number of benzene rings is 2. The molecule has 0 aliphatic carbocycles. The van der Waals surface area contributed by atoms with Gasteiger partial charge in [0.15, 0.2) is 0 Å². The molecule has 1 aliphatic heterocycles. The fourth-order valence-electron chi connectivity index (χ4n) is 3.22. The van der Waals surface area contributed by atoms with E-state index in [1.807, 2.05) is 6.07 Å². The highest BCUT2D eigenvalue weighted by molar-refractivity contribution is 7.89. The minimum Gasteiger partial charge on any atom is -0.312 e. The first-order chi connectivity index (χ1) is 12.1. The summed E-state index contributed by atoms with van der Waals surface area (Å²) in [6, 6.07) is 17.3. The highest BCUT2D eigenvalue weighted by Gasteiger charge is 2.28. The van der Waals surface area contributed by atoms with Crippen LogP contribution in [0.25, 0.3) is 0 Å². The molecule has 1 heterocycles. The van der Waals surface area contributed by atoms with E-state index >= 15 is 0 Å². The normalized spacial score (nSPS) is 16.8. The van der Waals surface area contributed by atoms with Gasteiger partial charge >= 0.3 is 0 Å². The van der Waals surface area contributed by atoms with Gasteiger partial charge in [0.25, 0.3) is 0 Å². The van der Waals surface area contributed by atoms with Crippen LogP contribution < -0.4 is 5.32 Å². The Morgan fingerprint density at radius 3 is 2.28 bits per heavy atom. The van der Waals surface area contributed by atoms with Gasteiger partial charge in [-0.3, -0.25) is 0 Å². The smallest absolute Gasteiger partial charge is 0.243 e. The van der Waals surface area contributed by atoms with Crippen LogP contribution in [0.5, 0.6) is 0 Å². The molecule has 0 atom stereocenters. The molecule has 1 N–H and O–H groups in total. The number of rotatable bonds is 6. The Morgan fingerprint density at radius 2 is 1.64 bits per heavy atom. The Hall–Kier alpha value is -1.69. The number of hydrogen-bond donors (Lipinski definition) is 1. The van der Waals surface area contributed by atoms with Gasteiger partial charge in [-0.25, -0.2) is 8.42 Å². The van der Waals surface area contributed by atoms with Crippen LogP contribution in [0.15, 0.2) is 59.5 Å². The average Bonchev–Trinajstić information content (AvgIpc) is 2.64. The number of nitrogens with zero attached hydrogens (tertiary/aromatic N) is 1. The van der Waals surface area contributed by atoms with Crippen molar-refractivity contribution >= 4 is 10.0 Å². The molecule has 0 bridgehead atoms. The summed E-state index contributed by atoms with van der Waals surface area (Å²) in [6.45, 7) is 5.10. The number of aryl methyl sites for hydroxylation is 1. The van der Waals surface area contributed by atoms with Gasteiger partial charge in [-0.15, -0.1) is 0 Å². The van der Waals surface area contributed by atoms with E-state index in [9.17, 15) is 8.42 Å². The van der Waals surface area contributed by atoms with E-state index in [-0.39, 0.29) is 0 Å². The molecular weight excluding hydrogens is 332 g/mol. The van der Waals surface area contributed by atoms with E-state index in [4.69, 9.17) is 0 Å². The van der Waals surface area contributed by atoms with Crippen LogP contribution in [0.3, 0.4) is 0 Å². The maximum absolute atomic E-state index is 12.6. The average molecular weight is 359 g/mol. The van der Waals surface area contributed by atoms with E-state index in [0.717, 1.165) is 25.9 Å². The van der Waals surface area contributed by atoms with Gasteiger partial charge in [-0.2, -0.15) is 4.31 Å². The third-order valence-corrected chi connectivity index (χ3v) is 6.75. The summed E-state index contributed by atoms with van der Waals surface area (Å²) in [4.78, 5) is 0.394. The Morgan fingerprint density at radius 1 is 1.00 bits per heavy atom. The summed E-state index contributed by atoms with van der Waals surface area (Å²) >= 11 is 0. The van der Waals surface area contributed by atoms with Crippen molar-refractivity contribution < 1.29 is 8.42 Å². The molecule has 1 fully saturated rings. The van der Waals surface area contributed by atoms with Gasteiger partial charge in [0.05, 0.1) is 4.90 Å². The molecule has 0 unspecified atom stereocenters. The molecule has 3 rings (SSSR count). The molecule has 5 heteroatoms. The zero-order valence-corrected chi connectivity index (χ0v) is 15.5. The van der Waals surface area contributed by atoms with Crippen LogP contribution in [-0.4, -0.2) is 32.4 Å². The molecule has 0 radical (unpaired) electrons. The van der Waals surface area contributed by atoms with E-state index in [0.29, 0.717) is 23.9 Å². The largest absolute Gasteiger partial charge is 0.312 e. The zero-order chi connectivity index (χ0) is 17.7. The molecule has 0 aromatic heterocycles. The van der Waals surface area contributed by atoms with Gasteiger partial charge in [-0.1, -0.05) is 48.0 Å². The van der Waals surface area contributed by atoms with Gasteiger partial charge in [-0.05, 0) is 49.9 Å². The van der Waals surface area contributed by atoms with Crippen molar-refractivity contribution in [3.05, 3.63) is 65.7 Å². The minimum atomic E-state index is -3.34. The van der Waals surface area contributed by atoms with Crippen molar-refractivity contribution in [2.24, 2.45) is 5.92 Å². The molecule has 25 heavy (non-hydrogen) atoms. The molecule has 134 valence electrons. The summed E-state index contributed by atoms with van der Waals surface area (Å²) in [7, 11) is -3.34. The predicted molar refractivity (Wildman–Crippen MR) is 101 cm³/mol. The molecule has 4 nitrogen and oxygen atoms in total. The van der Waals surface area contributed by atoms with Crippen molar-refractivity contribution in [2.75, 3.05) is 19.6 Å². The van der Waals surface area contributed by atoms with Crippen LogP contribution in [0, 0.1) is 12.8 Å². The first kappa shape index (κ1) is 18.1. The number of sulfonamides is 1. The zero-order valence-electron chi connectivity index (χ0n) is 14.7. The number of piperidine rings is 1. The Labute approximate surface area is 150 Å². The molecule has 0 spiro atoms. The minimum absolute atomic E-state index is 0.394. The fraction of sp³-hybridized carbons (Fsp3) is 0.400. The summed E-state index contributed by atoms with van der Waals surface area (Å²) in [6.07, 6.45) is 1.82. The van der Waals surface area contributed by atoms with Crippen LogP contribution in [0.2, 0.25) is 0 Å². The molecule has 0 amide bonds. The second-order valence-electron chi connectivity index (χ2n) is 6.78. The predicted octanol–water partition coefficient (Wildman–Crippen LogP) is 3.19. The first-order valence-corrected chi connectivity index (χ1v) is 10.3. The SMILES string of the molecule is Cc1ccc(CNCC2CCN(S(=O)(=O)c3ccccc3)CC2)cc1. The standard InChI is InChI=1S/C20H26N2O2S/c1-17-7-9-18(10-8-17)15-21-16-19-11-13-22(14-12-19)25(23,24)20-5-3-2-4-6-20/h2-10,19,21H,11-16H2,1H3. The second-order valence-corrected chi connectivity index (χ2v) is 8.71. The van der Waals surface area contributed by atoms with Gasteiger partial charge in [0, 0.05) is 19.6 Å². The highest BCUT2D eigenvalue weighted by Crippen LogP contribution is 2.23. The van der Waals surface area contributed by atoms with E-state index < -0.39 is 10.0 Å². The third-order valence-electron chi connectivity index (χ3n) is 4.84. The second kappa shape index (κ2) is 8.13. The van der Waals surface area contributed by atoms with Crippen LogP contribution in [0.1, 0.15) is 24.0 Å². The number of nitrogens with one attached hydrogen (secondary N) is 1. The maximum atomic E-state index is 12.6. The summed E-state index contributed by atoms with van der Waals surface area (Å²) in [5, 5.41) is 3.51. The molecular formula is C20H26N2O2S. The quantitative estimate of drug-likeness (QED) is 0.863. The Kier molecular flexibility index (Phi) is 5.89. The van der Waals surface area contributed by atoms with Gasteiger partial charge in [0.2, 0.25) is 10.0 Å². The summed E-state index contributed by atoms with van der Waals surface area (Å²) in [5.74, 6) is 0.535. The molecule has 2 aromatic carbocycles. The fourth-order valence-corrected chi connectivity index (χ4v) is 4.71. The molecule has 1 saturated heterocycles. The lowest BCUT2D eigenvalue weighted by Crippen LogP contribution is -2.40. The summed E-state index contributed by atoms with van der Waals surface area (Å²) in [5.41, 5.74) is 2.56. The Bertz CT molecular complexity index is 765. The van der Waals surface area contributed by atoms with Crippen molar-refractivity contribution in [1.82, 2.24) is 9.62 Å². The van der Waals surface area contributed by atoms with Crippen molar-refractivity contribution in [3.63, 3.8) is 0 Å². The summed E-state index contributed by atoms with van der Waals surface area (Å²) < 4.78 is 26.9. The van der Waals surface area contributed by atoms with E-state index in [1.165, 1.54) is 11.1 Å². The molecule has 2 aromatic rings. The molecule has 0 saturated carbocycles. The monoisotopic (exact) mass is 358 g/mol. The maximum Gasteiger partial charge on any atom is 0.243 e. The van der Waals surface area contributed by atoms with Crippen molar-refractivity contribution in [2.45, 2.75) is 31.2 Å².